The van der Waals surface area contributed by atoms with Crippen LogP contribution in [0.4, 0.5) is 11.4 Å². The first-order valence-electron chi connectivity index (χ1n) is 6.22. The molecule has 1 heterocycles. The van der Waals surface area contributed by atoms with Crippen molar-refractivity contribution in [3.8, 4) is 5.75 Å². The highest BCUT2D eigenvalue weighted by Crippen LogP contribution is 2.37. The van der Waals surface area contributed by atoms with Crippen molar-refractivity contribution in [1.29, 1.82) is 0 Å². The largest absolute Gasteiger partial charge is 0.487 e. The van der Waals surface area contributed by atoms with Crippen LogP contribution < -0.4 is 15.8 Å². The van der Waals surface area contributed by atoms with Gasteiger partial charge in [-0.2, -0.15) is 0 Å². The number of nitrogens with two attached hydrogens (primary N) is 1. The monoisotopic (exact) mass is 238 g/mol. The summed E-state index contributed by atoms with van der Waals surface area (Å²) in [6.45, 7) is 5.23. The van der Waals surface area contributed by atoms with Gasteiger partial charge < -0.3 is 20.9 Å². The topological polar surface area (TPSA) is 67.5 Å². The first-order chi connectivity index (χ1) is 8.33. The molecule has 0 bridgehead atoms. The second kappa shape index (κ2) is 7.01. The van der Waals surface area contributed by atoms with Gasteiger partial charge in [-0.15, -0.1) is 0 Å². The molecule has 4 heteroatoms. The number of benzene rings is 1. The highest BCUT2D eigenvalue weighted by atomic mass is 16.5. The Morgan fingerprint density at radius 3 is 2.88 bits per heavy atom. The lowest BCUT2D eigenvalue weighted by Gasteiger charge is -2.22. The predicted octanol–water partition coefficient (Wildman–Crippen LogP) is 2.02. The molecule has 1 aromatic carbocycles. The van der Waals surface area contributed by atoms with Crippen LogP contribution in [0.15, 0.2) is 12.1 Å². The van der Waals surface area contributed by atoms with Crippen molar-refractivity contribution in [1.82, 2.24) is 0 Å². The lowest BCUT2D eigenvalue weighted by Crippen LogP contribution is -2.15. The quantitative estimate of drug-likeness (QED) is 0.705. The van der Waals surface area contributed by atoms with Gasteiger partial charge >= 0.3 is 0 Å². The van der Waals surface area contributed by atoms with E-state index in [0.29, 0.717) is 11.4 Å². The first kappa shape index (κ1) is 13.6. The lowest BCUT2D eigenvalue weighted by molar-refractivity contribution is 0.202. The van der Waals surface area contributed by atoms with Gasteiger partial charge in [-0.25, -0.2) is 0 Å². The number of anilines is 2. The highest BCUT2D eigenvalue weighted by Gasteiger charge is 2.15. The number of fused-ring (bicyclic) bond motifs is 1. The number of hydrogen-bond donors (Lipinski definition) is 3. The van der Waals surface area contributed by atoms with Crippen molar-refractivity contribution >= 4 is 11.4 Å². The van der Waals surface area contributed by atoms with E-state index in [1.807, 2.05) is 26.0 Å². The fourth-order valence-electron chi connectivity index (χ4n) is 1.84. The number of nitrogen functional groups attached to an aromatic ring is 1. The second-order valence-electron chi connectivity index (χ2n) is 3.62. The summed E-state index contributed by atoms with van der Waals surface area (Å²) < 4.78 is 5.45. The summed E-state index contributed by atoms with van der Waals surface area (Å²) in [6.07, 6.45) is 2.19. The number of hydrogen-bond acceptors (Lipinski definition) is 4. The summed E-state index contributed by atoms with van der Waals surface area (Å²) in [7, 11) is 0. The van der Waals surface area contributed by atoms with Crippen molar-refractivity contribution in [2.24, 2.45) is 0 Å². The maximum Gasteiger partial charge on any atom is 0.165 e. The summed E-state index contributed by atoms with van der Waals surface area (Å²) in [6, 6.07) is 3.89. The molecule has 0 aliphatic carbocycles. The summed E-state index contributed by atoms with van der Waals surface area (Å²) >= 11 is 0. The fraction of sp³-hybridized carbons (Fsp3) is 0.538. The van der Waals surface area contributed by atoms with Crippen LogP contribution >= 0.6 is 0 Å². The van der Waals surface area contributed by atoms with Crippen molar-refractivity contribution in [3.63, 3.8) is 0 Å². The zero-order valence-corrected chi connectivity index (χ0v) is 10.6. The van der Waals surface area contributed by atoms with E-state index in [1.54, 1.807) is 0 Å². The number of ether oxygens (including phenoxy) is 1. The van der Waals surface area contributed by atoms with Gasteiger partial charge in [0.1, 0.15) is 6.61 Å². The van der Waals surface area contributed by atoms with E-state index in [9.17, 15) is 0 Å². The third-order valence-corrected chi connectivity index (χ3v) is 2.54. The van der Waals surface area contributed by atoms with Gasteiger partial charge in [0.15, 0.2) is 5.75 Å². The molecule has 1 aromatic rings. The molecule has 1 aliphatic heterocycles. The summed E-state index contributed by atoms with van der Waals surface area (Å²) in [5, 5.41) is 12.0. The molecule has 1 aliphatic rings. The number of aliphatic hydroxyl groups excluding tert-OH is 1. The van der Waals surface area contributed by atoms with Crippen LogP contribution in [0.1, 0.15) is 25.8 Å². The fourth-order valence-corrected chi connectivity index (χ4v) is 1.84. The molecule has 0 saturated heterocycles. The summed E-state index contributed by atoms with van der Waals surface area (Å²) in [4.78, 5) is 0. The van der Waals surface area contributed by atoms with E-state index < -0.39 is 0 Å². The molecule has 4 nitrogen and oxygen atoms in total. The Hall–Kier alpha value is -1.42. The SMILES string of the molecule is CC.Nc1ccc2c(c1OCCO)NCCC2. The van der Waals surface area contributed by atoms with Crippen LogP contribution in [0, 0.1) is 0 Å². The number of aryl methyl sites for hydroxylation is 1. The Balaban J connectivity index is 0.000000686. The number of aliphatic hydroxyl groups is 1. The Bertz CT molecular complexity index is 354. The molecular weight excluding hydrogens is 216 g/mol. The van der Waals surface area contributed by atoms with E-state index in [1.165, 1.54) is 5.56 Å². The summed E-state index contributed by atoms with van der Waals surface area (Å²) in [5.41, 5.74) is 8.69. The van der Waals surface area contributed by atoms with E-state index >= 15 is 0 Å². The normalized spacial score (nSPS) is 12.9. The van der Waals surface area contributed by atoms with Gasteiger partial charge in [0.05, 0.1) is 18.0 Å². The van der Waals surface area contributed by atoms with Gasteiger partial charge in [-0.1, -0.05) is 19.9 Å². The minimum absolute atomic E-state index is 0.00308. The maximum absolute atomic E-state index is 8.74. The predicted molar refractivity (Wildman–Crippen MR) is 71.6 cm³/mol. The molecule has 0 spiro atoms. The molecule has 0 saturated carbocycles. The third kappa shape index (κ3) is 3.27. The highest BCUT2D eigenvalue weighted by molar-refractivity contribution is 5.73. The average molecular weight is 238 g/mol. The van der Waals surface area contributed by atoms with E-state index in [0.717, 1.165) is 25.1 Å². The Morgan fingerprint density at radius 2 is 2.18 bits per heavy atom. The standard InChI is InChI=1S/C11H16N2O2.C2H6/c12-9-4-3-8-2-1-5-13-10(8)11(9)15-7-6-14;1-2/h3-4,13-14H,1-2,5-7,12H2;1-2H3. The van der Waals surface area contributed by atoms with Crippen LogP contribution in [0.3, 0.4) is 0 Å². The van der Waals surface area contributed by atoms with Gasteiger partial charge in [0.2, 0.25) is 0 Å². The number of rotatable bonds is 3. The van der Waals surface area contributed by atoms with E-state index in [4.69, 9.17) is 15.6 Å². The lowest BCUT2D eigenvalue weighted by atomic mass is 10.0. The van der Waals surface area contributed by atoms with Crippen LogP contribution in [-0.4, -0.2) is 24.9 Å². The molecule has 0 unspecified atom stereocenters. The van der Waals surface area contributed by atoms with Gasteiger partial charge in [0, 0.05) is 6.54 Å². The van der Waals surface area contributed by atoms with E-state index in [-0.39, 0.29) is 13.2 Å². The molecule has 0 aromatic heterocycles. The molecule has 2 rings (SSSR count). The van der Waals surface area contributed by atoms with Crippen molar-refractivity contribution in [3.05, 3.63) is 17.7 Å². The minimum Gasteiger partial charge on any atom is -0.487 e. The van der Waals surface area contributed by atoms with Crippen molar-refractivity contribution in [2.75, 3.05) is 30.8 Å². The molecule has 0 radical (unpaired) electrons. The molecule has 0 fully saturated rings. The van der Waals surface area contributed by atoms with Crippen LogP contribution in [0.2, 0.25) is 0 Å². The van der Waals surface area contributed by atoms with Crippen LogP contribution in [-0.2, 0) is 6.42 Å². The Kier molecular flexibility index (Phi) is 5.63. The van der Waals surface area contributed by atoms with Crippen molar-refractivity contribution < 1.29 is 9.84 Å². The van der Waals surface area contributed by atoms with Gasteiger partial charge in [-0.05, 0) is 24.5 Å². The van der Waals surface area contributed by atoms with Gasteiger partial charge in [-0.3, -0.25) is 0 Å². The van der Waals surface area contributed by atoms with E-state index in [2.05, 4.69) is 5.32 Å². The molecular formula is C13H22N2O2. The van der Waals surface area contributed by atoms with Crippen LogP contribution in [0.5, 0.6) is 5.75 Å². The molecule has 17 heavy (non-hydrogen) atoms. The number of nitrogens with one attached hydrogen (secondary N) is 1. The smallest absolute Gasteiger partial charge is 0.165 e. The molecule has 0 atom stereocenters. The van der Waals surface area contributed by atoms with Crippen molar-refractivity contribution in [2.45, 2.75) is 26.7 Å². The average Bonchev–Trinajstić information content (AvgIpc) is 2.40. The van der Waals surface area contributed by atoms with Crippen LogP contribution in [0.25, 0.3) is 0 Å². The zero-order chi connectivity index (χ0) is 12.7. The second-order valence-corrected chi connectivity index (χ2v) is 3.62. The molecule has 0 amide bonds. The Labute approximate surface area is 103 Å². The Morgan fingerprint density at radius 1 is 1.41 bits per heavy atom. The minimum atomic E-state index is 0.00308. The first-order valence-corrected chi connectivity index (χ1v) is 6.22. The zero-order valence-electron chi connectivity index (χ0n) is 10.6. The molecule has 4 N–H and O–H groups in total. The summed E-state index contributed by atoms with van der Waals surface area (Å²) in [5.74, 6) is 0.682. The molecule has 96 valence electrons. The third-order valence-electron chi connectivity index (χ3n) is 2.54. The van der Waals surface area contributed by atoms with Gasteiger partial charge in [0.25, 0.3) is 0 Å². The maximum atomic E-state index is 8.74.